The molecular weight excluding hydrogens is 312 g/mol. The Balaban J connectivity index is 1.49. The van der Waals surface area contributed by atoms with Crippen LogP contribution < -0.4 is 5.32 Å². The second kappa shape index (κ2) is 8.47. The monoisotopic (exact) mass is 336 g/mol. The van der Waals surface area contributed by atoms with E-state index in [2.05, 4.69) is 17.4 Å². The van der Waals surface area contributed by atoms with Crippen LogP contribution in [-0.2, 0) is 11.2 Å². The van der Waals surface area contributed by atoms with Crippen molar-refractivity contribution in [2.75, 3.05) is 13.1 Å². The maximum absolute atomic E-state index is 12.5. The molecule has 0 aliphatic carbocycles. The summed E-state index contributed by atoms with van der Waals surface area (Å²) in [4.78, 5) is 26.5. The summed E-state index contributed by atoms with van der Waals surface area (Å²) >= 11 is 0. The molecule has 3 rings (SSSR count). The van der Waals surface area contributed by atoms with Gasteiger partial charge < -0.3 is 10.2 Å². The molecule has 1 aliphatic heterocycles. The minimum Gasteiger partial charge on any atom is -0.343 e. The molecule has 1 N–H and O–H groups in total. The van der Waals surface area contributed by atoms with Crippen molar-refractivity contribution in [2.24, 2.45) is 0 Å². The van der Waals surface area contributed by atoms with Gasteiger partial charge in [0, 0.05) is 18.2 Å². The predicted molar refractivity (Wildman–Crippen MR) is 98.3 cm³/mol. The number of hydrogen-bond acceptors (Lipinski definition) is 2. The Labute approximate surface area is 148 Å². The molecule has 2 aromatic carbocycles. The minimum atomic E-state index is -0.200. The lowest BCUT2D eigenvalue weighted by atomic mass is 10.0. The van der Waals surface area contributed by atoms with Crippen molar-refractivity contribution in [3.8, 4) is 0 Å². The summed E-state index contributed by atoms with van der Waals surface area (Å²) in [5, 5.41) is 2.74. The number of carbonyl (C=O) groups is 2. The SMILES string of the molecule is O=C(NCC(=O)N1CCCC1CCc1ccccc1)c1ccccc1. The number of aryl methyl sites for hydroxylation is 1. The predicted octanol–water partition coefficient (Wildman–Crippen LogP) is 3.04. The van der Waals surface area contributed by atoms with Crippen LogP contribution in [-0.4, -0.2) is 35.8 Å². The molecule has 0 radical (unpaired) electrons. The van der Waals surface area contributed by atoms with Crippen LogP contribution in [0.4, 0.5) is 0 Å². The summed E-state index contributed by atoms with van der Waals surface area (Å²) in [6.45, 7) is 0.856. The van der Waals surface area contributed by atoms with E-state index in [0.29, 0.717) is 5.56 Å². The average molecular weight is 336 g/mol. The second-order valence-corrected chi connectivity index (χ2v) is 6.46. The molecule has 0 bridgehead atoms. The smallest absolute Gasteiger partial charge is 0.251 e. The van der Waals surface area contributed by atoms with E-state index in [1.807, 2.05) is 41.3 Å². The number of carbonyl (C=O) groups excluding carboxylic acids is 2. The van der Waals surface area contributed by atoms with Crippen LogP contribution in [0, 0.1) is 0 Å². The van der Waals surface area contributed by atoms with Gasteiger partial charge in [-0.05, 0) is 43.4 Å². The molecule has 4 heteroatoms. The van der Waals surface area contributed by atoms with Gasteiger partial charge in [0.1, 0.15) is 0 Å². The number of amides is 2. The van der Waals surface area contributed by atoms with Crippen LogP contribution >= 0.6 is 0 Å². The largest absolute Gasteiger partial charge is 0.343 e. The lowest BCUT2D eigenvalue weighted by molar-refractivity contribution is -0.131. The van der Waals surface area contributed by atoms with E-state index in [1.165, 1.54) is 5.56 Å². The van der Waals surface area contributed by atoms with Crippen LogP contribution in [0.15, 0.2) is 60.7 Å². The van der Waals surface area contributed by atoms with Crippen molar-refractivity contribution in [3.63, 3.8) is 0 Å². The molecule has 1 saturated heterocycles. The number of nitrogens with zero attached hydrogens (tertiary/aromatic N) is 1. The highest BCUT2D eigenvalue weighted by Crippen LogP contribution is 2.21. The number of benzene rings is 2. The Morgan fingerprint density at radius 3 is 2.40 bits per heavy atom. The molecule has 130 valence electrons. The third-order valence-corrected chi connectivity index (χ3v) is 4.74. The first-order valence-electron chi connectivity index (χ1n) is 8.90. The van der Waals surface area contributed by atoms with Gasteiger partial charge in [0.25, 0.3) is 5.91 Å². The fraction of sp³-hybridized carbons (Fsp3) is 0.333. The topological polar surface area (TPSA) is 49.4 Å². The van der Waals surface area contributed by atoms with Crippen LogP contribution in [0.25, 0.3) is 0 Å². The van der Waals surface area contributed by atoms with Crippen molar-refractivity contribution >= 4 is 11.8 Å². The molecule has 1 atom stereocenters. The van der Waals surface area contributed by atoms with Crippen molar-refractivity contribution in [2.45, 2.75) is 31.7 Å². The Morgan fingerprint density at radius 2 is 1.68 bits per heavy atom. The maximum Gasteiger partial charge on any atom is 0.251 e. The molecule has 25 heavy (non-hydrogen) atoms. The van der Waals surface area contributed by atoms with E-state index >= 15 is 0 Å². The highest BCUT2D eigenvalue weighted by atomic mass is 16.2. The molecular formula is C21H24N2O2. The van der Waals surface area contributed by atoms with Crippen LogP contribution in [0.5, 0.6) is 0 Å². The van der Waals surface area contributed by atoms with Gasteiger partial charge in [-0.3, -0.25) is 9.59 Å². The summed E-state index contributed by atoms with van der Waals surface area (Å²) in [6, 6.07) is 19.6. The third kappa shape index (κ3) is 4.69. The zero-order valence-corrected chi connectivity index (χ0v) is 14.4. The molecule has 1 unspecified atom stereocenters. The molecule has 2 aromatic rings. The number of hydrogen-bond donors (Lipinski definition) is 1. The van der Waals surface area contributed by atoms with Gasteiger partial charge in [-0.2, -0.15) is 0 Å². The summed E-state index contributed by atoms with van der Waals surface area (Å²) in [6.07, 6.45) is 4.04. The van der Waals surface area contributed by atoms with Crippen molar-refractivity contribution in [1.82, 2.24) is 10.2 Å². The number of rotatable bonds is 6. The Bertz CT molecular complexity index is 700. The summed E-state index contributed by atoms with van der Waals surface area (Å²) in [5.41, 5.74) is 1.89. The Hall–Kier alpha value is -2.62. The maximum atomic E-state index is 12.5. The zero-order valence-electron chi connectivity index (χ0n) is 14.4. The Morgan fingerprint density at radius 1 is 1.00 bits per heavy atom. The molecule has 1 fully saturated rings. The van der Waals surface area contributed by atoms with Crippen molar-refractivity contribution in [3.05, 3.63) is 71.8 Å². The highest BCUT2D eigenvalue weighted by molar-refractivity contribution is 5.96. The van der Waals surface area contributed by atoms with Gasteiger partial charge >= 0.3 is 0 Å². The quantitative estimate of drug-likeness (QED) is 0.881. The van der Waals surface area contributed by atoms with E-state index in [1.54, 1.807) is 12.1 Å². The lowest BCUT2D eigenvalue weighted by Gasteiger charge is -2.25. The fourth-order valence-corrected chi connectivity index (χ4v) is 3.39. The van der Waals surface area contributed by atoms with Gasteiger partial charge in [-0.1, -0.05) is 48.5 Å². The van der Waals surface area contributed by atoms with E-state index in [4.69, 9.17) is 0 Å². The fourth-order valence-electron chi connectivity index (χ4n) is 3.39. The van der Waals surface area contributed by atoms with E-state index < -0.39 is 0 Å². The van der Waals surface area contributed by atoms with Crippen molar-refractivity contribution in [1.29, 1.82) is 0 Å². The molecule has 1 aliphatic rings. The minimum absolute atomic E-state index is 0.0137. The van der Waals surface area contributed by atoms with Gasteiger partial charge in [0.05, 0.1) is 6.54 Å². The second-order valence-electron chi connectivity index (χ2n) is 6.46. The first-order chi connectivity index (χ1) is 12.2. The summed E-state index contributed by atoms with van der Waals surface area (Å²) in [5.74, 6) is -0.186. The summed E-state index contributed by atoms with van der Waals surface area (Å²) < 4.78 is 0. The van der Waals surface area contributed by atoms with Gasteiger partial charge in [0.2, 0.25) is 5.91 Å². The zero-order chi connectivity index (χ0) is 17.5. The number of likely N-dealkylation sites (tertiary alicyclic amines) is 1. The van der Waals surface area contributed by atoms with Crippen molar-refractivity contribution < 1.29 is 9.59 Å². The average Bonchev–Trinajstić information content (AvgIpc) is 3.14. The molecule has 0 spiro atoms. The van der Waals surface area contributed by atoms with Gasteiger partial charge in [-0.15, -0.1) is 0 Å². The normalized spacial score (nSPS) is 16.6. The molecule has 0 aromatic heterocycles. The first kappa shape index (κ1) is 17.2. The number of nitrogens with one attached hydrogen (secondary N) is 1. The molecule has 4 nitrogen and oxygen atoms in total. The molecule has 1 heterocycles. The van der Waals surface area contributed by atoms with E-state index in [9.17, 15) is 9.59 Å². The standard InChI is InChI=1S/C21H24N2O2/c24-20(16-22-21(25)18-10-5-2-6-11-18)23-15-7-12-19(23)14-13-17-8-3-1-4-9-17/h1-6,8-11,19H,7,12-16H2,(H,22,25). The van der Waals surface area contributed by atoms with Crippen LogP contribution in [0.1, 0.15) is 35.2 Å². The Kier molecular flexibility index (Phi) is 5.83. The van der Waals surface area contributed by atoms with E-state index in [-0.39, 0.29) is 24.4 Å². The molecule has 2 amide bonds. The summed E-state index contributed by atoms with van der Waals surface area (Å²) in [7, 11) is 0. The highest BCUT2D eigenvalue weighted by Gasteiger charge is 2.28. The first-order valence-corrected chi connectivity index (χ1v) is 8.90. The van der Waals surface area contributed by atoms with Crippen LogP contribution in [0.2, 0.25) is 0 Å². The molecule has 0 saturated carbocycles. The lowest BCUT2D eigenvalue weighted by Crippen LogP contribution is -2.42. The van der Waals surface area contributed by atoms with Gasteiger partial charge in [-0.25, -0.2) is 0 Å². The van der Waals surface area contributed by atoms with E-state index in [0.717, 1.165) is 32.2 Å². The van der Waals surface area contributed by atoms with Gasteiger partial charge in [0.15, 0.2) is 0 Å². The third-order valence-electron chi connectivity index (χ3n) is 4.74. The van der Waals surface area contributed by atoms with Crippen LogP contribution in [0.3, 0.4) is 0 Å².